The van der Waals surface area contributed by atoms with Gasteiger partial charge in [-0.15, -0.1) is 16.4 Å². The van der Waals surface area contributed by atoms with E-state index in [0.717, 1.165) is 15.0 Å². The maximum absolute atomic E-state index is 10.2. The van der Waals surface area contributed by atoms with Crippen molar-refractivity contribution in [2.24, 2.45) is 0 Å². The van der Waals surface area contributed by atoms with Gasteiger partial charge in [0.15, 0.2) is 0 Å². The van der Waals surface area contributed by atoms with Crippen LogP contribution in [0.1, 0.15) is 16.7 Å². The Hall–Kier alpha value is -1.59. The SMILES string of the molecule is OC[C@H]1O[C@@H](c2cn(Cc3cc4ccc(Cl)cc4s3)nn2)[C@H](O)[C@@H](O)[C@@H]1O. The molecule has 1 fully saturated rings. The molecule has 2 aromatic heterocycles. The van der Waals surface area contributed by atoms with Crippen molar-refractivity contribution in [1.29, 1.82) is 0 Å². The Bertz CT molecular complexity index is 946. The second-order valence-electron chi connectivity index (χ2n) is 6.49. The van der Waals surface area contributed by atoms with Crippen LogP contribution >= 0.6 is 22.9 Å². The van der Waals surface area contributed by atoms with Gasteiger partial charge < -0.3 is 25.2 Å². The first kappa shape index (κ1) is 18.8. The molecule has 27 heavy (non-hydrogen) atoms. The van der Waals surface area contributed by atoms with Gasteiger partial charge in [-0.05, 0) is 23.6 Å². The summed E-state index contributed by atoms with van der Waals surface area (Å²) in [6, 6.07) is 7.75. The zero-order valence-electron chi connectivity index (χ0n) is 14.0. The van der Waals surface area contributed by atoms with Gasteiger partial charge in [0.05, 0.1) is 19.3 Å². The topological polar surface area (TPSA) is 121 Å². The minimum atomic E-state index is -1.45. The zero-order chi connectivity index (χ0) is 19.1. The van der Waals surface area contributed by atoms with Crippen molar-refractivity contribution in [3.8, 4) is 0 Å². The summed E-state index contributed by atoms with van der Waals surface area (Å²) in [5, 5.41) is 49.1. The molecule has 3 heterocycles. The first-order chi connectivity index (χ1) is 13.0. The summed E-state index contributed by atoms with van der Waals surface area (Å²) >= 11 is 7.62. The molecule has 144 valence electrons. The first-order valence-corrected chi connectivity index (χ1v) is 9.54. The van der Waals surface area contributed by atoms with Gasteiger partial charge in [-0.1, -0.05) is 22.9 Å². The molecule has 0 spiro atoms. The van der Waals surface area contributed by atoms with E-state index in [9.17, 15) is 20.4 Å². The number of aliphatic hydroxyl groups is 4. The van der Waals surface area contributed by atoms with Gasteiger partial charge in [0.25, 0.3) is 0 Å². The Morgan fingerprint density at radius 2 is 1.96 bits per heavy atom. The molecule has 1 aliphatic rings. The largest absolute Gasteiger partial charge is 0.394 e. The Labute approximate surface area is 163 Å². The van der Waals surface area contributed by atoms with E-state index in [0.29, 0.717) is 17.3 Å². The highest BCUT2D eigenvalue weighted by molar-refractivity contribution is 7.19. The highest BCUT2D eigenvalue weighted by Crippen LogP contribution is 2.32. The second-order valence-corrected chi connectivity index (χ2v) is 8.09. The summed E-state index contributed by atoms with van der Waals surface area (Å²) < 4.78 is 8.18. The number of hydrogen-bond donors (Lipinski definition) is 4. The van der Waals surface area contributed by atoms with Crippen LogP contribution in [-0.4, -0.2) is 66.4 Å². The molecule has 4 N–H and O–H groups in total. The number of fused-ring (bicyclic) bond motifs is 1. The quantitative estimate of drug-likeness (QED) is 0.499. The van der Waals surface area contributed by atoms with Crippen molar-refractivity contribution in [2.45, 2.75) is 37.1 Å². The number of aromatic nitrogens is 3. The third kappa shape index (κ3) is 3.59. The maximum Gasteiger partial charge on any atom is 0.132 e. The molecule has 10 heteroatoms. The van der Waals surface area contributed by atoms with Crippen LogP contribution in [0.3, 0.4) is 0 Å². The minimum Gasteiger partial charge on any atom is -0.394 e. The number of nitrogens with zero attached hydrogens (tertiary/aromatic N) is 3. The molecule has 0 saturated carbocycles. The van der Waals surface area contributed by atoms with Crippen LogP contribution in [0.4, 0.5) is 0 Å². The van der Waals surface area contributed by atoms with Gasteiger partial charge >= 0.3 is 0 Å². The number of aliphatic hydroxyl groups excluding tert-OH is 4. The van der Waals surface area contributed by atoms with Gasteiger partial charge in [0, 0.05) is 14.6 Å². The molecular weight excluding hydrogens is 394 g/mol. The van der Waals surface area contributed by atoms with Crippen molar-refractivity contribution in [2.75, 3.05) is 6.61 Å². The van der Waals surface area contributed by atoms with Gasteiger partial charge in [-0.3, -0.25) is 0 Å². The lowest BCUT2D eigenvalue weighted by molar-refractivity contribution is -0.232. The number of hydrogen-bond acceptors (Lipinski definition) is 8. The van der Waals surface area contributed by atoms with E-state index >= 15 is 0 Å². The smallest absolute Gasteiger partial charge is 0.132 e. The van der Waals surface area contributed by atoms with Crippen LogP contribution < -0.4 is 0 Å². The first-order valence-electron chi connectivity index (χ1n) is 8.35. The van der Waals surface area contributed by atoms with E-state index in [1.807, 2.05) is 24.3 Å². The number of rotatable bonds is 4. The molecule has 0 unspecified atom stereocenters. The van der Waals surface area contributed by atoms with Crippen LogP contribution in [0.15, 0.2) is 30.5 Å². The molecule has 3 aromatic rings. The maximum atomic E-state index is 10.2. The summed E-state index contributed by atoms with van der Waals surface area (Å²) in [5.74, 6) is 0. The summed E-state index contributed by atoms with van der Waals surface area (Å²) in [5.41, 5.74) is 0.316. The Morgan fingerprint density at radius 1 is 1.15 bits per heavy atom. The van der Waals surface area contributed by atoms with Gasteiger partial charge in [-0.2, -0.15) is 0 Å². The lowest BCUT2D eigenvalue weighted by atomic mass is 9.94. The van der Waals surface area contributed by atoms with Gasteiger partial charge in [-0.25, -0.2) is 4.68 Å². The molecular formula is C17H18ClN3O5S. The van der Waals surface area contributed by atoms with Crippen LogP contribution in [0.25, 0.3) is 10.1 Å². The Kier molecular flexibility index (Phi) is 5.17. The molecule has 4 rings (SSSR count). The molecule has 0 radical (unpaired) electrons. The summed E-state index contributed by atoms with van der Waals surface area (Å²) in [4.78, 5) is 1.05. The molecule has 1 aliphatic heterocycles. The lowest BCUT2D eigenvalue weighted by Crippen LogP contribution is -2.55. The fraction of sp³-hybridized carbons (Fsp3) is 0.412. The Morgan fingerprint density at radius 3 is 2.74 bits per heavy atom. The van der Waals surface area contributed by atoms with E-state index in [-0.39, 0.29) is 0 Å². The van der Waals surface area contributed by atoms with Crippen molar-refractivity contribution in [3.05, 3.63) is 46.1 Å². The monoisotopic (exact) mass is 411 g/mol. The standard InChI is InChI=1S/C17H18ClN3O5S/c18-9-2-1-8-3-10(27-13(8)4-9)5-21-6-11(19-20-21)17-16(25)15(24)14(23)12(7-22)26-17/h1-4,6,12,14-17,22-25H,5,7H2/t12-,14-,15+,16-,17+/m1/s1. The van der Waals surface area contributed by atoms with E-state index in [2.05, 4.69) is 10.3 Å². The summed E-state index contributed by atoms with van der Waals surface area (Å²) in [7, 11) is 0. The Balaban J connectivity index is 1.53. The second kappa shape index (κ2) is 7.44. The van der Waals surface area contributed by atoms with Crippen molar-refractivity contribution in [1.82, 2.24) is 15.0 Å². The molecule has 1 saturated heterocycles. The van der Waals surface area contributed by atoms with E-state index < -0.39 is 37.1 Å². The summed E-state index contributed by atoms with van der Waals surface area (Å²) in [6.07, 6.45) is -4.58. The fourth-order valence-corrected chi connectivity index (χ4v) is 4.50. The number of thiophene rings is 1. The van der Waals surface area contributed by atoms with E-state index in [1.165, 1.54) is 0 Å². The number of halogens is 1. The van der Waals surface area contributed by atoms with Crippen LogP contribution in [0.2, 0.25) is 5.02 Å². The highest BCUT2D eigenvalue weighted by Gasteiger charge is 2.45. The zero-order valence-corrected chi connectivity index (χ0v) is 15.6. The third-order valence-electron chi connectivity index (χ3n) is 4.59. The molecule has 1 aromatic carbocycles. The molecule has 0 bridgehead atoms. The predicted molar refractivity (Wildman–Crippen MR) is 98.7 cm³/mol. The van der Waals surface area contributed by atoms with Crippen molar-refractivity contribution < 1.29 is 25.2 Å². The fourth-order valence-electron chi connectivity index (χ4n) is 3.16. The average Bonchev–Trinajstić information content (AvgIpc) is 3.26. The van der Waals surface area contributed by atoms with Crippen LogP contribution in [0.5, 0.6) is 0 Å². The van der Waals surface area contributed by atoms with Crippen LogP contribution in [-0.2, 0) is 11.3 Å². The normalized spacial score (nSPS) is 28.7. The predicted octanol–water partition coefficient (Wildman–Crippen LogP) is 0.709. The lowest BCUT2D eigenvalue weighted by Gasteiger charge is -2.39. The van der Waals surface area contributed by atoms with Gasteiger partial charge in [0.2, 0.25) is 0 Å². The van der Waals surface area contributed by atoms with Crippen molar-refractivity contribution >= 4 is 33.0 Å². The third-order valence-corrected chi connectivity index (χ3v) is 5.91. The van der Waals surface area contributed by atoms with Crippen molar-refractivity contribution in [3.63, 3.8) is 0 Å². The summed E-state index contributed by atoms with van der Waals surface area (Å²) in [6.45, 7) is -0.0126. The van der Waals surface area contributed by atoms with Gasteiger partial charge in [0.1, 0.15) is 36.2 Å². The molecule has 5 atom stereocenters. The van der Waals surface area contributed by atoms with Crippen LogP contribution in [0, 0.1) is 0 Å². The average molecular weight is 412 g/mol. The minimum absolute atomic E-state index is 0.316. The number of benzene rings is 1. The molecule has 8 nitrogen and oxygen atoms in total. The van der Waals surface area contributed by atoms with E-state index in [4.69, 9.17) is 16.3 Å². The van der Waals surface area contributed by atoms with E-state index in [1.54, 1.807) is 22.2 Å². The number of ether oxygens (including phenoxy) is 1. The molecule has 0 amide bonds. The molecule has 0 aliphatic carbocycles. The highest BCUT2D eigenvalue weighted by atomic mass is 35.5.